The van der Waals surface area contributed by atoms with Gasteiger partial charge in [-0.1, -0.05) is 39.0 Å². The van der Waals surface area contributed by atoms with E-state index in [1.54, 1.807) is 0 Å². The summed E-state index contributed by atoms with van der Waals surface area (Å²) in [5, 5.41) is 11.3. The molecule has 0 aliphatic heterocycles. The summed E-state index contributed by atoms with van der Waals surface area (Å²) in [6.45, 7) is 10.8. The van der Waals surface area contributed by atoms with Crippen LogP contribution in [0.1, 0.15) is 59.4 Å². The normalized spacial score (nSPS) is 29.4. The highest BCUT2D eigenvalue weighted by Gasteiger charge is 2.44. The van der Waals surface area contributed by atoms with E-state index in [-0.39, 0.29) is 12.0 Å². The van der Waals surface area contributed by atoms with Crippen LogP contribution in [0.5, 0.6) is 5.75 Å². The first-order valence-electron chi connectivity index (χ1n) is 7.73. The van der Waals surface area contributed by atoms with E-state index >= 15 is 0 Å². The van der Waals surface area contributed by atoms with E-state index in [0.29, 0.717) is 5.41 Å². The predicted molar refractivity (Wildman–Crippen MR) is 82.9 cm³/mol. The fourth-order valence-electron chi connectivity index (χ4n) is 3.46. The van der Waals surface area contributed by atoms with E-state index in [0.717, 1.165) is 30.6 Å². The van der Waals surface area contributed by atoms with Crippen LogP contribution < -0.4 is 4.74 Å². The second-order valence-corrected chi connectivity index (χ2v) is 7.36. The molecule has 112 valence electrons. The first kappa shape index (κ1) is 15.4. The summed E-state index contributed by atoms with van der Waals surface area (Å²) in [5.74, 6) is 1.07. The van der Waals surface area contributed by atoms with E-state index < -0.39 is 5.60 Å². The van der Waals surface area contributed by atoms with Gasteiger partial charge in [0.05, 0.1) is 11.7 Å². The molecule has 2 heteroatoms. The molecule has 1 fully saturated rings. The molecule has 20 heavy (non-hydrogen) atoms. The number of ether oxygens (including phenoxy) is 1. The minimum absolute atomic E-state index is 0.120. The summed E-state index contributed by atoms with van der Waals surface area (Å²) >= 11 is 0. The summed E-state index contributed by atoms with van der Waals surface area (Å²) in [5.41, 5.74) is 0.511. The average Bonchev–Trinajstić information content (AvgIpc) is 2.34. The monoisotopic (exact) mass is 276 g/mol. The molecule has 1 saturated carbocycles. The highest BCUT2D eigenvalue weighted by atomic mass is 16.5. The van der Waals surface area contributed by atoms with Crippen LogP contribution in [0, 0.1) is 11.3 Å². The molecule has 0 spiro atoms. The highest BCUT2D eigenvalue weighted by molar-refractivity contribution is 5.39. The Kier molecular flexibility index (Phi) is 4.15. The number of benzene rings is 1. The lowest BCUT2D eigenvalue weighted by Gasteiger charge is -2.46. The van der Waals surface area contributed by atoms with Crippen molar-refractivity contribution in [3.05, 3.63) is 29.8 Å². The fraction of sp³-hybridized carbons (Fsp3) is 0.667. The summed E-state index contributed by atoms with van der Waals surface area (Å²) < 4.78 is 5.90. The highest BCUT2D eigenvalue weighted by Crippen LogP contribution is 2.50. The van der Waals surface area contributed by atoms with Crippen LogP contribution in [0.25, 0.3) is 0 Å². The van der Waals surface area contributed by atoms with Gasteiger partial charge in [-0.3, -0.25) is 0 Å². The Bertz CT molecular complexity index is 464. The van der Waals surface area contributed by atoms with Gasteiger partial charge in [-0.05, 0) is 50.5 Å². The number of rotatable bonds is 3. The summed E-state index contributed by atoms with van der Waals surface area (Å²) in [4.78, 5) is 0. The van der Waals surface area contributed by atoms with Crippen molar-refractivity contribution >= 4 is 0 Å². The van der Waals surface area contributed by atoms with Crippen molar-refractivity contribution in [1.29, 1.82) is 0 Å². The maximum Gasteiger partial charge on any atom is 0.125 e. The molecule has 0 bridgehead atoms. The molecule has 1 N–H and O–H groups in total. The Morgan fingerprint density at radius 1 is 1.20 bits per heavy atom. The molecule has 0 saturated heterocycles. The van der Waals surface area contributed by atoms with Crippen LogP contribution in [0.15, 0.2) is 24.3 Å². The van der Waals surface area contributed by atoms with E-state index in [9.17, 15) is 5.11 Å². The van der Waals surface area contributed by atoms with E-state index in [4.69, 9.17) is 4.74 Å². The van der Waals surface area contributed by atoms with Crippen molar-refractivity contribution in [2.45, 2.75) is 65.6 Å². The van der Waals surface area contributed by atoms with Crippen molar-refractivity contribution in [2.24, 2.45) is 11.3 Å². The third-order valence-electron chi connectivity index (χ3n) is 4.57. The zero-order valence-electron chi connectivity index (χ0n) is 13.4. The Balaban J connectivity index is 2.35. The lowest BCUT2D eigenvalue weighted by molar-refractivity contribution is -0.0787. The third kappa shape index (κ3) is 3.01. The maximum absolute atomic E-state index is 11.3. The van der Waals surface area contributed by atoms with E-state index in [1.165, 1.54) is 0 Å². The van der Waals surface area contributed by atoms with Gasteiger partial charge in [0.25, 0.3) is 0 Å². The quantitative estimate of drug-likeness (QED) is 0.880. The first-order chi connectivity index (χ1) is 9.24. The minimum atomic E-state index is -0.763. The maximum atomic E-state index is 11.3. The van der Waals surface area contributed by atoms with E-state index in [1.807, 2.05) is 38.1 Å². The Morgan fingerprint density at radius 2 is 1.85 bits per heavy atom. The van der Waals surface area contributed by atoms with Gasteiger partial charge in [0, 0.05) is 5.56 Å². The summed E-state index contributed by atoms with van der Waals surface area (Å²) in [7, 11) is 0. The van der Waals surface area contributed by atoms with Crippen LogP contribution in [-0.2, 0) is 5.60 Å². The number of para-hydroxylation sites is 1. The Morgan fingerprint density at radius 3 is 2.45 bits per heavy atom. The molecule has 0 heterocycles. The fourth-order valence-corrected chi connectivity index (χ4v) is 3.46. The third-order valence-corrected chi connectivity index (χ3v) is 4.57. The SMILES string of the molecule is CC(C)Oc1ccccc1C1(O)CCC(C)(C)CC1C. The average molecular weight is 276 g/mol. The topological polar surface area (TPSA) is 29.5 Å². The smallest absolute Gasteiger partial charge is 0.125 e. The zero-order valence-corrected chi connectivity index (χ0v) is 13.4. The molecular weight excluding hydrogens is 248 g/mol. The second-order valence-electron chi connectivity index (χ2n) is 7.36. The number of hydrogen-bond acceptors (Lipinski definition) is 2. The molecule has 1 aromatic carbocycles. The Labute approximate surface area is 123 Å². The summed E-state index contributed by atoms with van der Waals surface area (Å²) in [6, 6.07) is 7.96. The predicted octanol–water partition coefficient (Wildman–Crippen LogP) is 4.51. The largest absolute Gasteiger partial charge is 0.491 e. The molecule has 2 unspecified atom stereocenters. The molecule has 1 aromatic rings. The van der Waals surface area contributed by atoms with Gasteiger partial charge < -0.3 is 9.84 Å². The summed E-state index contributed by atoms with van der Waals surface area (Å²) in [6.07, 6.45) is 3.01. The molecule has 0 radical (unpaired) electrons. The molecule has 0 aromatic heterocycles. The van der Waals surface area contributed by atoms with Crippen molar-refractivity contribution in [3.8, 4) is 5.75 Å². The lowest BCUT2D eigenvalue weighted by atomic mass is 9.63. The van der Waals surface area contributed by atoms with Crippen LogP contribution in [0.4, 0.5) is 0 Å². The number of aliphatic hydroxyl groups is 1. The van der Waals surface area contributed by atoms with Gasteiger partial charge in [0.2, 0.25) is 0 Å². The van der Waals surface area contributed by atoms with Gasteiger partial charge in [0.1, 0.15) is 5.75 Å². The van der Waals surface area contributed by atoms with Gasteiger partial charge in [-0.15, -0.1) is 0 Å². The molecular formula is C18H28O2. The van der Waals surface area contributed by atoms with Crippen LogP contribution in [-0.4, -0.2) is 11.2 Å². The minimum Gasteiger partial charge on any atom is -0.491 e. The van der Waals surface area contributed by atoms with Gasteiger partial charge in [-0.2, -0.15) is 0 Å². The van der Waals surface area contributed by atoms with E-state index in [2.05, 4.69) is 20.8 Å². The molecule has 0 amide bonds. The zero-order chi connectivity index (χ0) is 15.0. The molecule has 2 nitrogen and oxygen atoms in total. The van der Waals surface area contributed by atoms with Gasteiger partial charge in [0.15, 0.2) is 0 Å². The second kappa shape index (κ2) is 5.40. The van der Waals surface area contributed by atoms with Crippen molar-refractivity contribution in [2.75, 3.05) is 0 Å². The molecule has 1 aliphatic rings. The van der Waals surface area contributed by atoms with Crippen LogP contribution in [0.2, 0.25) is 0 Å². The van der Waals surface area contributed by atoms with Gasteiger partial charge >= 0.3 is 0 Å². The molecule has 2 rings (SSSR count). The standard InChI is InChI=1S/C18H28O2/c1-13(2)20-16-9-7-6-8-15(16)18(19)11-10-17(4,5)12-14(18)3/h6-9,13-14,19H,10-12H2,1-5H3. The van der Waals surface area contributed by atoms with Crippen molar-refractivity contribution in [1.82, 2.24) is 0 Å². The van der Waals surface area contributed by atoms with Crippen molar-refractivity contribution < 1.29 is 9.84 Å². The van der Waals surface area contributed by atoms with Crippen LogP contribution in [0.3, 0.4) is 0 Å². The molecule has 2 atom stereocenters. The number of hydrogen-bond donors (Lipinski definition) is 1. The van der Waals surface area contributed by atoms with Crippen LogP contribution >= 0.6 is 0 Å². The van der Waals surface area contributed by atoms with Gasteiger partial charge in [-0.25, -0.2) is 0 Å². The Hall–Kier alpha value is -1.02. The molecule has 1 aliphatic carbocycles. The lowest BCUT2D eigenvalue weighted by Crippen LogP contribution is -2.42. The first-order valence-corrected chi connectivity index (χ1v) is 7.73. The van der Waals surface area contributed by atoms with Crippen molar-refractivity contribution in [3.63, 3.8) is 0 Å².